The van der Waals surface area contributed by atoms with Crippen molar-refractivity contribution in [2.75, 3.05) is 26.3 Å². The lowest BCUT2D eigenvalue weighted by Gasteiger charge is -2.43. The molecular formula is C12H23NO2. The third-order valence-electron chi connectivity index (χ3n) is 3.91. The van der Waals surface area contributed by atoms with E-state index in [0.717, 1.165) is 26.1 Å². The van der Waals surface area contributed by atoms with Crippen molar-refractivity contribution >= 4 is 0 Å². The van der Waals surface area contributed by atoms with Crippen LogP contribution in [0.5, 0.6) is 0 Å². The summed E-state index contributed by atoms with van der Waals surface area (Å²) in [6, 6.07) is 0.245. The summed E-state index contributed by atoms with van der Waals surface area (Å²) in [5, 5.41) is 9.93. The maximum Gasteiger partial charge on any atom is 0.0739 e. The van der Waals surface area contributed by atoms with Gasteiger partial charge in [0.05, 0.1) is 18.8 Å². The van der Waals surface area contributed by atoms with Gasteiger partial charge in [-0.25, -0.2) is 0 Å². The molecule has 0 aromatic heterocycles. The van der Waals surface area contributed by atoms with E-state index in [-0.39, 0.29) is 12.1 Å². The van der Waals surface area contributed by atoms with Crippen LogP contribution in [0.3, 0.4) is 0 Å². The van der Waals surface area contributed by atoms with Crippen molar-refractivity contribution in [2.24, 2.45) is 5.41 Å². The first-order chi connectivity index (χ1) is 7.08. The van der Waals surface area contributed by atoms with Crippen LogP contribution in [0.2, 0.25) is 0 Å². The van der Waals surface area contributed by atoms with Crippen LogP contribution in [0.25, 0.3) is 0 Å². The molecule has 0 saturated carbocycles. The van der Waals surface area contributed by atoms with E-state index < -0.39 is 0 Å². The molecule has 2 heterocycles. The van der Waals surface area contributed by atoms with E-state index >= 15 is 0 Å². The summed E-state index contributed by atoms with van der Waals surface area (Å²) in [6.07, 6.45) is 3.08. The van der Waals surface area contributed by atoms with Gasteiger partial charge in [-0.1, -0.05) is 13.8 Å². The minimum absolute atomic E-state index is 0.181. The summed E-state index contributed by atoms with van der Waals surface area (Å²) in [6.45, 7) is 8.31. The fourth-order valence-electron chi connectivity index (χ4n) is 2.52. The third kappa shape index (κ3) is 2.71. The zero-order valence-corrected chi connectivity index (χ0v) is 9.91. The number of ether oxygens (including phenoxy) is 1. The average Bonchev–Trinajstić information content (AvgIpc) is 2.19. The lowest BCUT2D eigenvalue weighted by atomic mass is 9.82. The first-order valence-corrected chi connectivity index (χ1v) is 6.08. The zero-order valence-electron chi connectivity index (χ0n) is 9.91. The molecule has 0 spiro atoms. The number of rotatable bonds is 1. The SMILES string of the molecule is CC1(C)CCN(C2COCCC2O)CC1. The molecule has 0 bridgehead atoms. The highest BCUT2D eigenvalue weighted by Gasteiger charge is 2.34. The molecule has 88 valence electrons. The van der Waals surface area contributed by atoms with Crippen molar-refractivity contribution < 1.29 is 9.84 Å². The lowest BCUT2D eigenvalue weighted by molar-refractivity contribution is -0.0733. The second kappa shape index (κ2) is 4.40. The number of aliphatic hydroxyl groups excluding tert-OH is 1. The van der Waals surface area contributed by atoms with E-state index in [0.29, 0.717) is 12.0 Å². The minimum Gasteiger partial charge on any atom is -0.391 e. The molecule has 0 radical (unpaired) electrons. The van der Waals surface area contributed by atoms with Crippen molar-refractivity contribution in [3.8, 4) is 0 Å². The predicted octanol–water partition coefficient (Wildman–Crippen LogP) is 1.26. The van der Waals surface area contributed by atoms with Gasteiger partial charge in [0.15, 0.2) is 0 Å². The molecule has 2 atom stereocenters. The molecular weight excluding hydrogens is 190 g/mol. The molecule has 2 unspecified atom stereocenters. The average molecular weight is 213 g/mol. The van der Waals surface area contributed by atoms with E-state index in [4.69, 9.17) is 4.74 Å². The normalized spacial score (nSPS) is 37.8. The maximum absolute atomic E-state index is 9.93. The molecule has 2 rings (SSSR count). The van der Waals surface area contributed by atoms with E-state index in [9.17, 15) is 5.11 Å². The van der Waals surface area contributed by atoms with Gasteiger partial charge < -0.3 is 9.84 Å². The van der Waals surface area contributed by atoms with E-state index in [2.05, 4.69) is 18.7 Å². The number of nitrogens with zero attached hydrogens (tertiary/aromatic N) is 1. The fourth-order valence-corrected chi connectivity index (χ4v) is 2.52. The van der Waals surface area contributed by atoms with Crippen LogP contribution in [0.1, 0.15) is 33.1 Å². The van der Waals surface area contributed by atoms with Gasteiger partial charge >= 0.3 is 0 Å². The summed E-state index contributed by atoms with van der Waals surface area (Å²) in [4.78, 5) is 2.41. The second-order valence-corrected chi connectivity index (χ2v) is 5.70. The first kappa shape index (κ1) is 11.4. The first-order valence-electron chi connectivity index (χ1n) is 6.08. The number of likely N-dealkylation sites (tertiary alicyclic amines) is 1. The molecule has 2 aliphatic heterocycles. The zero-order chi connectivity index (χ0) is 10.9. The summed E-state index contributed by atoms with van der Waals surface area (Å²) in [5.74, 6) is 0. The Morgan fingerprint density at radius 3 is 2.53 bits per heavy atom. The van der Waals surface area contributed by atoms with Crippen LogP contribution in [-0.2, 0) is 4.74 Å². The molecule has 0 aromatic carbocycles. The Bertz CT molecular complexity index is 208. The molecule has 15 heavy (non-hydrogen) atoms. The number of hydrogen-bond donors (Lipinski definition) is 1. The molecule has 0 aromatic rings. The Kier molecular flexibility index (Phi) is 3.33. The van der Waals surface area contributed by atoms with Crippen molar-refractivity contribution in [3.63, 3.8) is 0 Å². The molecule has 2 aliphatic rings. The molecule has 3 heteroatoms. The fraction of sp³-hybridized carbons (Fsp3) is 1.00. The van der Waals surface area contributed by atoms with E-state index in [1.54, 1.807) is 0 Å². The van der Waals surface area contributed by atoms with Gasteiger partial charge in [0.1, 0.15) is 0 Å². The van der Waals surface area contributed by atoms with Crippen LogP contribution in [0.4, 0.5) is 0 Å². The van der Waals surface area contributed by atoms with Gasteiger partial charge in [-0.05, 0) is 37.8 Å². The Morgan fingerprint density at radius 2 is 1.93 bits per heavy atom. The summed E-state index contributed by atoms with van der Waals surface area (Å²) >= 11 is 0. The molecule has 3 nitrogen and oxygen atoms in total. The van der Waals surface area contributed by atoms with Crippen LogP contribution in [0.15, 0.2) is 0 Å². The molecule has 2 saturated heterocycles. The lowest BCUT2D eigenvalue weighted by Crippen LogP contribution is -2.53. The van der Waals surface area contributed by atoms with Crippen molar-refractivity contribution in [2.45, 2.75) is 45.3 Å². The van der Waals surface area contributed by atoms with Crippen molar-refractivity contribution in [1.82, 2.24) is 4.90 Å². The van der Waals surface area contributed by atoms with Crippen molar-refractivity contribution in [3.05, 3.63) is 0 Å². The highest BCUT2D eigenvalue weighted by atomic mass is 16.5. The summed E-state index contributed by atoms with van der Waals surface area (Å²) < 4.78 is 5.46. The Morgan fingerprint density at radius 1 is 1.27 bits per heavy atom. The van der Waals surface area contributed by atoms with Gasteiger partial charge in [-0.15, -0.1) is 0 Å². The second-order valence-electron chi connectivity index (χ2n) is 5.70. The predicted molar refractivity (Wildman–Crippen MR) is 59.8 cm³/mol. The number of hydrogen-bond acceptors (Lipinski definition) is 3. The third-order valence-corrected chi connectivity index (χ3v) is 3.91. The molecule has 0 amide bonds. The van der Waals surface area contributed by atoms with Gasteiger partial charge in [-0.2, -0.15) is 0 Å². The molecule has 2 fully saturated rings. The largest absolute Gasteiger partial charge is 0.391 e. The Hall–Kier alpha value is -0.120. The Balaban J connectivity index is 1.89. The topological polar surface area (TPSA) is 32.7 Å². The van der Waals surface area contributed by atoms with Crippen LogP contribution < -0.4 is 0 Å². The van der Waals surface area contributed by atoms with Crippen LogP contribution in [0, 0.1) is 5.41 Å². The highest BCUT2D eigenvalue weighted by Crippen LogP contribution is 2.31. The van der Waals surface area contributed by atoms with Gasteiger partial charge in [0.2, 0.25) is 0 Å². The standard InChI is InChI=1S/C12H23NO2/c1-12(2)4-6-13(7-5-12)10-9-15-8-3-11(10)14/h10-11,14H,3-9H2,1-2H3. The number of piperidine rings is 1. The monoisotopic (exact) mass is 213 g/mol. The summed E-state index contributed by atoms with van der Waals surface area (Å²) in [5.41, 5.74) is 0.483. The highest BCUT2D eigenvalue weighted by molar-refractivity contribution is 4.87. The van der Waals surface area contributed by atoms with Gasteiger partial charge in [0.25, 0.3) is 0 Å². The van der Waals surface area contributed by atoms with E-state index in [1.165, 1.54) is 12.8 Å². The maximum atomic E-state index is 9.93. The quantitative estimate of drug-likeness (QED) is 0.712. The molecule has 0 aliphatic carbocycles. The van der Waals surface area contributed by atoms with Crippen LogP contribution >= 0.6 is 0 Å². The van der Waals surface area contributed by atoms with E-state index in [1.807, 2.05) is 0 Å². The Labute approximate surface area is 92.4 Å². The van der Waals surface area contributed by atoms with Gasteiger partial charge in [0, 0.05) is 6.61 Å². The van der Waals surface area contributed by atoms with Crippen molar-refractivity contribution in [1.29, 1.82) is 0 Å². The molecule has 1 N–H and O–H groups in total. The minimum atomic E-state index is -0.181. The number of aliphatic hydroxyl groups is 1. The smallest absolute Gasteiger partial charge is 0.0739 e. The van der Waals surface area contributed by atoms with Gasteiger partial charge in [-0.3, -0.25) is 4.90 Å². The summed E-state index contributed by atoms with van der Waals surface area (Å²) in [7, 11) is 0. The van der Waals surface area contributed by atoms with Crippen LogP contribution in [-0.4, -0.2) is 48.5 Å².